The predicted molar refractivity (Wildman–Crippen MR) is 65.8 cm³/mol. The van der Waals surface area contributed by atoms with Crippen LogP contribution in [-0.2, 0) is 10.0 Å². The number of benzene rings is 1. The molecule has 0 bridgehead atoms. The van der Waals surface area contributed by atoms with Crippen molar-refractivity contribution in [3.05, 3.63) is 29.6 Å². The van der Waals surface area contributed by atoms with E-state index in [1.165, 1.54) is 12.1 Å². The van der Waals surface area contributed by atoms with Gasteiger partial charge in [0.25, 0.3) is 0 Å². The van der Waals surface area contributed by atoms with E-state index in [4.69, 9.17) is 0 Å². The lowest BCUT2D eigenvalue weighted by Gasteiger charge is -2.14. The molecule has 0 aliphatic rings. The van der Waals surface area contributed by atoms with Gasteiger partial charge >= 0.3 is 0 Å². The number of halogens is 1. The first kappa shape index (κ1) is 14.1. The molecule has 0 radical (unpaired) electrons. The first-order chi connectivity index (χ1) is 7.86. The van der Waals surface area contributed by atoms with E-state index >= 15 is 0 Å². The van der Waals surface area contributed by atoms with E-state index in [1.807, 2.05) is 13.8 Å². The van der Waals surface area contributed by atoms with Gasteiger partial charge in [0.1, 0.15) is 5.82 Å². The van der Waals surface area contributed by atoms with E-state index in [-0.39, 0.29) is 10.9 Å². The van der Waals surface area contributed by atoms with Crippen LogP contribution in [0.3, 0.4) is 0 Å². The molecule has 0 aliphatic carbocycles. The van der Waals surface area contributed by atoms with Gasteiger partial charge < -0.3 is 0 Å². The third-order valence-electron chi connectivity index (χ3n) is 2.50. The lowest BCUT2D eigenvalue weighted by atomic mass is 10.2. The van der Waals surface area contributed by atoms with Gasteiger partial charge in [0.2, 0.25) is 10.0 Å². The van der Waals surface area contributed by atoms with E-state index in [0.717, 1.165) is 18.9 Å². The zero-order chi connectivity index (χ0) is 13.1. The predicted octanol–water partition coefficient (Wildman–Crippen LogP) is 2.60. The summed E-state index contributed by atoms with van der Waals surface area (Å²) in [6, 6.07) is 3.56. The molecular formula is C12H18FNO2S. The van der Waals surface area contributed by atoms with Crippen molar-refractivity contribution in [2.75, 3.05) is 0 Å². The van der Waals surface area contributed by atoms with Gasteiger partial charge in [0.15, 0.2) is 0 Å². The van der Waals surface area contributed by atoms with Crippen LogP contribution in [0.15, 0.2) is 23.1 Å². The van der Waals surface area contributed by atoms with Crippen molar-refractivity contribution < 1.29 is 12.8 Å². The lowest BCUT2D eigenvalue weighted by Crippen LogP contribution is -2.32. The second kappa shape index (κ2) is 5.60. The number of hydrogen-bond donors (Lipinski definition) is 1. The van der Waals surface area contributed by atoms with E-state index in [1.54, 1.807) is 6.92 Å². The minimum absolute atomic E-state index is 0.116. The summed E-state index contributed by atoms with van der Waals surface area (Å²) in [7, 11) is -3.55. The van der Waals surface area contributed by atoms with Crippen molar-refractivity contribution >= 4 is 10.0 Å². The molecule has 96 valence electrons. The molecule has 0 unspecified atom stereocenters. The summed E-state index contributed by atoms with van der Waals surface area (Å²) >= 11 is 0. The summed E-state index contributed by atoms with van der Waals surface area (Å²) in [4.78, 5) is 0.141. The molecule has 0 saturated carbocycles. The highest BCUT2D eigenvalue weighted by Gasteiger charge is 2.19. The van der Waals surface area contributed by atoms with Crippen molar-refractivity contribution in [1.82, 2.24) is 4.72 Å². The SMILES string of the molecule is CCC[C@@H](C)NS(=O)(=O)c1ccc(F)cc1C. The average molecular weight is 259 g/mol. The van der Waals surface area contributed by atoms with Crippen molar-refractivity contribution in [3.63, 3.8) is 0 Å². The quantitative estimate of drug-likeness (QED) is 0.883. The molecule has 1 atom stereocenters. The maximum absolute atomic E-state index is 12.9. The van der Waals surface area contributed by atoms with Crippen LogP contribution in [0.2, 0.25) is 0 Å². The average Bonchev–Trinajstić information content (AvgIpc) is 2.15. The van der Waals surface area contributed by atoms with Gasteiger partial charge in [-0.2, -0.15) is 0 Å². The zero-order valence-electron chi connectivity index (χ0n) is 10.3. The fraction of sp³-hybridized carbons (Fsp3) is 0.500. The Morgan fingerprint density at radius 1 is 1.41 bits per heavy atom. The van der Waals surface area contributed by atoms with Gasteiger partial charge in [0, 0.05) is 6.04 Å². The van der Waals surface area contributed by atoms with Crippen molar-refractivity contribution in [3.8, 4) is 0 Å². The summed E-state index contributed by atoms with van der Waals surface area (Å²) in [5, 5.41) is 0. The fourth-order valence-corrected chi connectivity index (χ4v) is 3.24. The van der Waals surface area contributed by atoms with Crippen LogP contribution >= 0.6 is 0 Å². The van der Waals surface area contributed by atoms with E-state index in [9.17, 15) is 12.8 Å². The van der Waals surface area contributed by atoms with Crippen LogP contribution in [0.5, 0.6) is 0 Å². The van der Waals surface area contributed by atoms with E-state index in [0.29, 0.717) is 5.56 Å². The van der Waals surface area contributed by atoms with Gasteiger partial charge in [-0.15, -0.1) is 0 Å². The summed E-state index contributed by atoms with van der Waals surface area (Å²) in [5.41, 5.74) is 0.418. The molecule has 1 N–H and O–H groups in total. The normalized spacial score (nSPS) is 13.6. The van der Waals surface area contributed by atoms with Gasteiger partial charge in [-0.25, -0.2) is 17.5 Å². The van der Waals surface area contributed by atoms with Crippen LogP contribution < -0.4 is 4.72 Å². The monoisotopic (exact) mass is 259 g/mol. The maximum Gasteiger partial charge on any atom is 0.241 e. The molecule has 3 nitrogen and oxygen atoms in total. The topological polar surface area (TPSA) is 46.2 Å². The van der Waals surface area contributed by atoms with Crippen LogP contribution in [0, 0.1) is 12.7 Å². The Balaban J connectivity index is 2.97. The molecule has 0 amide bonds. The number of aryl methyl sites for hydroxylation is 1. The number of nitrogens with one attached hydrogen (secondary N) is 1. The highest BCUT2D eigenvalue weighted by atomic mass is 32.2. The Bertz CT molecular complexity index is 485. The molecule has 0 aromatic heterocycles. The third kappa shape index (κ3) is 3.78. The zero-order valence-corrected chi connectivity index (χ0v) is 11.1. The number of sulfonamides is 1. The summed E-state index contributed by atoms with van der Waals surface area (Å²) < 4.78 is 39.5. The van der Waals surface area contributed by atoms with Gasteiger partial charge in [-0.1, -0.05) is 13.3 Å². The summed E-state index contributed by atoms with van der Waals surface area (Å²) in [6.45, 7) is 5.40. The first-order valence-electron chi connectivity index (χ1n) is 5.65. The highest BCUT2D eigenvalue weighted by Crippen LogP contribution is 2.16. The van der Waals surface area contributed by atoms with E-state index < -0.39 is 15.8 Å². The second-order valence-electron chi connectivity index (χ2n) is 4.22. The van der Waals surface area contributed by atoms with Crippen LogP contribution in [0.25, 0.3) is 0 Å². The molecule has 0 heterocycles. The molecule has 1 aromatic carbocycles. The first-order valence-corrected chi connectivity index (χ1v) is 7.13. The van der Waals surface area contributed by atoms with Gasteiger partial charge in [0.05, 0.1) is 4.90 Å². The Kier molecular flexibility index (Phi) is 4.65. The van der Waals surface area contributed by atoms with Crippen molar-refractivity contribution in [2.24, 2.45) is 0 Å². The molecule has 1 aromatic rings. The maximum atomic E-state index is 12.9. The largest absolute Gasteiger partial charge is 0.241 e. The molecule has 5 heteroatoms. The summed E-state index contributed by atoms with van der Waals surface area (Å²) in [5.74, 6) is -0.428. The number of hydrogen-bond acceptors (Lipinski definition) is 2. The Morgan fingerprint density at radius 3 is 2.59 bits per heavy atom. The van der Waals surface area contributed by atoms with Crippen LogP contribution in [0.4, 0.5) is 4.39 Å². The molecule has 0 fully saturated rings. The fourth-order valence-electron chi connectivity index (χ4n) is 1.73. The minimum atomic E-state index is -3.55. The minimum Gasteiger partial charge on any atom is -0.208 e. The van der Waals surface area contributed by atoms with Gasteiger partial charge in [-0.3, -0.25) is 0 Å². The molecular weight excluding hydrogens is 241 g/mol. The Labute approximate surface area is 102 Å². The van der Waals surface area contributed by atoms with Crippen molar-refractivity contribution in [2.45, 2.75) is 44.6 Å². The van der Waals surface area contributed by atoms with E-state index in [2.05, 4.69) is 4.72 Å². The molecule has 0 saturated heterocycles. The lowest BCUT2D eigenvalue weighted by molar-refractivity contribution is 0.543. The van der Waals surface area contributed by atoms with Crippen LogP contribution in [0.1, 0.15) is 32.3 Å². The highest BCUT2D eigenvalue weighted by molar-refractivity contribution is 7.89. The molecule has 0 aliphatic heterocycles. The Hall–Kier alpha value is -0.940. The second-order valence-corrected chi connectivity index (χ2v) is 5.90. The smallest absolute Gasteiger partial charge is 0.208 e. The van der Waals surface area contributed by atoms with Crippen molar-refractivity contribution in [1.29, 1.82) is 0 Å². The molecule has 1 rings (SSSR count). The molecule has 17 heavy (non-hydrogen) atoms. The third-order valence-corrected chi connectivity index (χ3v) is 4.25. The number of rotatable bonds is 5. The standard InChI is InChI=1S/C12H18FNO2S/c1-4-5-10(3)14-17(15,16)12-7-6-11(13)8-9(12)2/h6-8,10,14H,4-5H2,1-3H3/t10-/m1/s1. The van der Waals surface area contributed by atoms with Gasteiger partial charge in [-0.05, 0) is 44.0 Å². The molecule has 0 spiro atoms. The van der Waals surface area contributed by atoms with Crippen LogP contribution in [-0.4, -0.2) is 14.5 Å². The Morgan fingerprint density at radius 2 is 2.06 bits per heavy atom. The summed E-state index contributed by atoms with van der Waals surface area (Å²) in [6.07, 6.45) is 1.69.